The maximum absolute atomic E-state index is 4.89. The Kier molecular flexibility index (Phi) is 5.52. The van der Waals surface area contributed by atoms with Crippen molar-refractivity contribution in [2.75, 3.05) is 10.6 Å². The van der Waals surface area contributed by atoms with Crippen molar-refractivity contribution in [3.05, 3.63) is 66.4 Å². The number of rotatable bonds is 5. The van der Waals surface area contributed by atoms with Crippen LogP contribution in [0.15, 0.2) is 60.8 Å². The van der Waals surface area contributed by atoms with Gasteiger partial charge in [-0.2, -0.15) is 15.1 Å². The van der Waals surface area contributed by atoms with E-state index < -0.39 is 0 Å². The lowest BCUT2D eigenvalue weighted by atomic mass is 10.1. The molecule has 0 saturated heterocycles. The second-order valence-electron chi connectivity index (χ2n) is 8.35. The van der Waals surface area contributed by atoms with Gasteiger partial charge < -0.3 is 10.6 Å². The first-order valence-electron chi connectivity index (χ1n) is 11.2. The Morgan fingerprint density at radius 3 is 2.35 bits per heavy atom. The molecule has 158 valence electrons. The van der Waals surface area contributed by atoms with Crippen molar-refractivity contribution in [3.63, 3.8) is 0 Å². The summed E-state index contributed by atoms with van der Waals surface area (Å²) in [6.07, 6.45) is 9.33. The molecule has 4 aromatic rings. The summed E-state index contributed by atoms with van der Waals surface area (Å²) in [6.45, 7) is 2.09. The minimum atomic E-state index is 0.417. The van der Waals surface area contributed by atoms with Crippen LogP contribution in [0.3, 0.4) is 0 Å². The van der Waals surface area contributed by atoms with Crippen molar-refractivity contribution in [1.29, 1.82) is 0 Å². The molecule has 31 heavy (non-hydrogen) atoms. The van der Waals surface area contributed by atoms with Crippen LogP contribution in [0.2, 0.25) is 0 Å². The topological polar surface area (TPSA) is 67.7 Å². The molecule has 0 atom stereocenters. The second kappa shape index (κ2) is 8.76. The maximum Gasteiger partial charge on any atom is 0.226 e. The molecular formula is C25H28N6. The number of aryl methyl sites for hydroxylation is 1. The molecule has 0 bridgehead atoms. The fourth-order valence-corrected chi connectivity index (χ4v) is 4.21. The van der Waals surface area contributed by atoms with Crippen LogP contribution in [0.5, 0.6) is 0 Å². The average molecular weight is 413 g/mol. The van der Waals surface area contributed by atoms with Crippen molar-refractivity contribution in [2.24, 2.45) is 0 Å². The third-order valence-electron chi connectivity index (χ3n) is 5.93. The van der Waals surface area contributed by atoms with Crippen LogP contribution in [0, 0.1) is 6.92 Å². The van der Waals surface area contributed by atoms with E-state index in [9.17, 15) is 0 Å². The highest BCUT2D eigenvalue weighted by molar-refractivity contribution is 5.90. The van der Waals surface area contributed by atoms with Gasteiger partial charge in [-0.3, -0.25) is 0 Å². The Balaban J connectivity index is 1.56. The van der Waals surface area contributed by atoms with Crippen LogP contribution < -0.4 is 10.6 Å². The predicted molar refractivity (Wildman–Crippen MR) is 126 cm³/mol. The van der Waals surface area contributed by atoms with Gasteiger partial charge in [-0.15, -0.1) is 0 Å². The molecule has 1 fully saturated rings. The average Bonchev–Trinajstić information content (AvgIpc) is 3.05. The number of para-hydroxylation sites is 1. The summed E-state index contributed by atoms with van der Waals surface area (Å²) < 4.78 is 1.88. The molecule has 0 spiro atoms. The van der Waals surface area contributed by atoms with Crippen molar-refractivity contribution in [1.82, 2.24) is 19.7 Å². The van der Waals surface area contributed by atoms with Gasteiger partial charge in [0, 0.05) is 11.7 Å². The molecule has 1 saturated carbocycles. The van der Waals surface area contributed by atoms with E-state index in [1.807, 2.05) is 41.2 Å². The highest BCUT2D eigenvalue weighted by Crippen LogP contribution is 2.28. The summed E-state index contributed by atoms with van der Waals surface area (Å²) in [6, 6.07) is 18.9. The molecule has 6 nitrogen and oxygen atoms in total. The van der Waals surface area contributed by atoms with Crippen molar-refractivity contribution < 1.29 is 0 Å². The number of anilines is 3. The number of hydrogen-bond acceptors (Lipinski definition) is 5. The number of aromatic nitrogens is 4. The zero-order chi connectivity index (χ0) is 21.0. The van der Waals surface area contributed by atoms with Crippen LogP contribution in [-0.2, 0) is 0 Å². The lowest BCUT2D eigenvalue weighted by molar-refractivity contribution is 0.615. The van der Waals surface area contributed by atoms with Crippen LogP contribution in [-0.4, -0.2) is 25.8 Å². The number of benzene rings is 2. The molecule has 2 aromatic carbocycles. The van der Waals surface area contributed by atoms with E-state index in [1.165, 1.54) is 44.1 Å². The minimum Gasteiger partial charge on any atom is -0.351 e. The van der Waals surface area contributed by atoms with E-state index in [2.05, 4.69) is 46.9 Å². The van der Waals surface area contributed by atoms with E-state index in [-0.39, 0.29) is 0 Å². The highest BCUT2D eigenvalue weighted by Gasteiger charge is 2.18. The number of hydrogen-bond donors (Lipinski definition) is 2. The van der Waals surface area contributed by atoms with Crippen LogP contribution in [0.1, 0.15) is 44.1 Å². The van der Waals surface area contributed by atoms with Gasteiger partial charge in [0.1, 0.15) is 5.82 Å². The molecule has 1 aliphatic rings. The van der Waals surface area contributed by atoms with E-state index in [4.69, 9.17) is 9.97 Å². The molecule has 1 aliphatic carbocycles. The monoisotopic (exact) mass is 412 g/mol. The molecule has 6 heteroatoms. The van der Waals surface area contributed by atoms with Crippen molar-refractivity contribution in [3.8, 4) is 5.69 Å². The maximum atomic E-state index is 4.89. The zero-order valence-corrected chi connectivity index (χ0v) is 17.9. The van der Waals surface area contributed by atoms with Gasteiger partial charge >= 0.3 is 0 Å². The highest BCUT2D eigenvalue weighted by atomic mass is 15.3. The van der Waals surface area contributed by atoms with Gasteiger partial charge in [0.25, 0.3) is 0 Å². The van der Waals surface area contributed by atoms with Gasteiger partial charge in [0.2, 0.25) is 5.95 Å². The molecule has 0 radical (unpaired) electrons. The number of nitrogens with one attached hydrogen (secondary N) is 2. The molecule has 0 amide bonds. The normalized spacial score (nSPS) is 15.0. The van der Waals surface area contributed by atoms with Crippen LogP contribution >= 0.6 is 0 Å². The van der Waals surface area contributed by atoms with Gasteiger partial charge in [-0.1, -0.05) is 61.6 Å². The lowest BCUT2D eigenvalue weighted by Crippen LogP contribution is -2.20. The SMILES string of the molecule is Cc1ccc(Nc2nc(NC3CCCCCC3)nc3c2cnn3-c2ccccc2)cc1. The second-order valence-corrected chi connectivity index (χ2v) is 8.35. The van der Waals surface area contributed by atoms with E-state index in [0.717, 1.165) is 28.2 Å². The Morgan fingerprint density at radius 1 is 0.871 bits per heavy atom. The third kappa shape index (κ3) is 4.38. The van der Waals surface area contributed by atoms with Crippen molar-refractivity contribution in [2.45, 2.75) is 51.5 Å². The zero-order valence-electron chi connectivity index (χ0n) is 17.9. The summed E-state index contributed by atoms with van der Waals surface area (Å²) in [5, 5.41) is 12.6. The van der Waals surface area contributed by atoms with Crippen molar-refractivity contribution >= 4 is 28.5 Å². The molecule has 2 N–H and O–H groups in total. The summed E-state index contributed by atoms with van der Waals surface area (Å²) in [5.41, 5.74) is 4.01. The third-order valence-corrected chi connectivity index (χ3v) is 5.93. The van der Waals surface area contributed by atoms with Crippen LogP contribution in [0.25, 0.3) is 16.7 Å². The van der Waals surface area contributed by atoms with Crippen LogP contribution in [0.4, 0.5) is 17.5 Å². The number of fused-ring (bicyclic) bond motifs is 1. The Labute approximate surface area is 182 Å². The first kappa shape index (κ1) is 19.5. The first-order valence-corrected chi connectivity index (χ1v) is 11.2. The molecular weight excluding hydrogens is 384 g/mol. The quantitative estimate of drug-likeness (QED) is 0.393. The summed E-state index contributed by atoms with van der Waals surface area (Å²) in [4.78, 5) is 9.75. The van der Waals surface area contributed by atoms with Gasteiger partial charge in [0.05, 0.1) is 17.3 Å². The smallest absolute Gasteiger partial charge is 0.226 e. The summed E-state index contributed by atoms with van der Waals surface area (Å²) in [7, 11) is 0. The standard InChI is InChI=1S/C25H28N6/c1-18-13-15-20(16-14-18)27-23-22-17-26-31(21-11-7-4-8-12-21)24(22)30-25(29-23)28-19-9-5-2-3-6-10-19/h4,7-8,11-17,19H,2-3,5-6,9-10H2,1H3,(H2,27,28,29,30). The summed E-state index contributed by atoms with van der Waals surface area (Å²) >= 11 is 0. The van der Waals surface area contributed by atoms with Gasteiger partial charge in [0.15, 0.2) is 5.65 Å². The fourth-order valence-electron chi connectivity index (χ4n) is 4.21. The summed E-state index contributed by atoms with van der Waals surface area (Å²) in [5.74, 6) is 1.43. The van der Waals surface area contributed by atoms with E-state index >= 15 is 0 Å². The fraction of sp³-hybridized carbons (Fsp3) is 0.320. The molecule has 2 heterocycles. The Bertz CT molecular complexity index is 1140. The Hall–Kier alpha value is -3.41. The first-order chi connectivity index (χ1) is 15.3. The van der Waals surface area contributed by atoms with E-state index in [1.54, 1.807) is 0 Å². The molecule has 0 aliphatic heterocycles. The van der Waals surface area contributed by atoms with Gasteiger partial charge in [-0.05, 0) is 44.0 Å². The predicted octanol–water partition coefficient (Wildman–Crippen LogP) is 6.00. The van der Waals surface area contributed by atoms with E-state index in [0.29, 0.717) is 12.0 Å². The number of nitrogens with zero attached hydrogens (tertiary/aromatic N) is 4. The molecule has 0 unspecified atom stereocenters. The largest absolute Gasteiger partial charge is 0.351 e. The van der Waals surface area contributed by atoms with Gasteiger partial charge in [-0.25, -0.2) is 4.68 Å². The molecule has 2 aromatic heterocycles. The molecule has 5 rings (SSSR count). The lowest BCUT2D eigenvalue weighted by Gasteiger charge is -2.17. The Morgan fingerprint density at radius 2 is 1.61 bits per heavy atom. The minimum absolute atomic E-state index is 0.417.